The van der Waals surface area contributed by atoms with E-state index in [4.69, 9.17) is 0 Å². The van der Waals surface area contributed by atoms with Gasteiger partial charge in [-0.15, -0.1) is 12.4 Å². The summed E-state index contributed by atoms with van der Waals surface area (Å²) in [4.78, 5) is 10.7. The molecule has 7 heteroatoms. The third kappa shape index (κ3) is 2.15. The Bertz CT molecular complexity index is 359. The van der Waals surface area contributed by atoms with Crippen LogP contribution in [0.25, 0.3) is 0 Å². The molecule has 0 radical (unpaired) electrons. The van der Waals surface area contributed by atoms with Crippen molar-refractivity contribution >= 4 is 18.3 Å². The van der Waals surface area contributed by atoms with Crippen LogP contribution in [0.2, 0.25) is 0 Å². The summed E-state index contributed by atoms with van der Waals surface area (Å²) in [5.74, 6) is -0.940. The number of hydrogen-bond donors (Lipinski definition) is 2. The Kier molecular flexibility index (Phi) is 4.39. The molecular formula is C7H6ClF3N2O. The topological polar surface area (TPSA) is 55.1 Å². The van der Waals surface area contributed by atoms with Gasteiger partial charge in [-0.1, -0.05) is 0 Å². The van der Waals surface area contributed by atoms with Crippen molar-refractivity contribution in [3.05, 3.63) is 35.1 Å². The third-order valence-electron chi connectivity index (χ3n) is 1.41. The Labute approximate surface area is 83.5 Å². The van der Waals surface area contributed by atoms with Crippen LogP contribution >= 0.6 is 12.4 Å². The number of hydrogen-bond acceptors (Lipinski definition) is 2. The zero-order valence-electron chi connectivity index (χ0n) is 6.68. The molecule has 0 unspecified atom stereocenters. The fourth-order valence-electron chi connectivity index (χ4n) is 0.779. The van der Waals surface area contributed by atoms with Crippen LogP contribution in [0.4, 0.5) is 13.2 Å². The zero-order chi connectivity index (χ0) is 10.0. The van der Waals surface area contributed by atoms with Gasteiger partial charge >= 0.3 is 0 Å². The number of carbonyl (C=O) groups excluding carboxylic acids is 1. The minimum absolute atomic E-state index is 0. The zero-order valence-corrected chi connectivity index (χ0v) is 7.50. The highest BCUT2D eigenvalue weighted by molar-refractivity contribution is 5.93. The molecule has 0 saturated carbocycles. The average Bonchev–Trinajstić information content (AvgIpc) is 2.13. The van der Waals surface area contributed by atoms with E-state index >= 15 is 0 Å². The first kappa shape index (κ1) is 12.7. The van der Waals surface area contributed by atoms with E-state index in [0.29, 0.717) is 6.07 Å². The molecule has 0 aliphatic carbocycles. The second-order valence-electron chi connectivity index (χ2n) is 2.20. The van der Waals surface area contributed by atoms with Crippen LogP contribution in [-0.4, -0.2) is 5.91 Å². The van der Waals surface area contributed by atoms with Gasteiger partial charge in [0.1, 0.15) is 0 Å². The summed E-state index contributed by atoms with van der Waals surface area (Å²) in [5.41, 5.74) is 0.963. The van der Waals surface area contributed by atoms with Crippen LogP contribution < -0.4 is 11.3 Å². The fourth-order valence-corrected chi connectivity index (χ4v) is 0.779. The lowest BCUT2D eigenvalue weighted by atomic mass is 10.2. The first-order chi connectivity index (χ1) is 6.07. The van der Waals surface area contributed by atoms with Gasteiger partial charge in [0.25, 0.3) is 5.91 Å². The maximum Gasteiger partial charge on any atom is 0.268 e. The van der Waals surface area contributed by atoms with Crippen LogP contribution in [0.1, 0.15) is 10.4 Å². The summed E-state index contributed by atoms with van der Waals surface area (Å²) < 4.78 is 37.6. The normalized spacial score (nSPS) is 9.14. The molecule has 1 aromatic rings. The lowest BCUT2D eigenvalue weighted by Gasteiger charge is -2.01. The number of nitrogens with two attached hydrogens (primary N) is 1. The second kappa shape index (κ2) is 4.83. The van der Waals surface area contributed by atoms with E-state index in [9.17, 15) is 18.0 Å². The Morgan fingerprint density at radius 3 is 2.29 bits per heavy atom. The predicted octanol–water partition coefficient (Wildman–Crippen LogP) is 1.13. The number of halogens is 4. The molecule has 0 aromatic heterocycles. The number of hydrazine groups is 1. The van der Waals surface area contributed by atoms with Gasteiger partial charge in [0.05, 0.1) is 5.56 Å². The lowest BCUT2D eigenvalue weighted by molar-refractivity contribution is 0.0948. The van der Waals surface area contributed by atoms with Gasteiger partial charge in [-0.2, -0.15) is 0 Å². The van der Waals surface area contributed by atoms with Crippen LogP contribution in [0.5, 0.6) is 0 Å². The van der Waals surface area contributed by atoms with Crippen LogP contribution in [0, 0.1) is 17.5 Å². The smallest absolute Gasteiger partial charge is 0.268 e. The van der Waals surface area contributed by atoms with Crippen molar-refractivity contribution in [2.45, 2.75) is 0 Å². The highest BCUT2D eigenvalue weighted by Crippen LogP contribution is 2.14. The van der Waals surface area contributed by atoms with Gasteiger partial charge in [0.2, 0.25) is 0 Å². The van der Waals surface area contributed by atoms with Gasteiger partial charge in [0.15, 0.2) is 17.5 Å². The first-order valence-electron chi connectivity index (χ1n) is 3.22. The molecule has 0 fully saturated rings. The Balaban J connectivity index is 0.00000169. The first-order valence-corrected chi connectivity index (χ1v) is 3.22. The number of amides is 1. The van der Waals surface area contributed by atoms with Gasteiger partial charge in [0, 0.05) is 0 Å². The molecular weight excluding hydrogens is 221 g/mol. The van der Waals surface area contributed by atoms with Crippen molar-refractivity contribution < 1.29 is 18.0 Å². The molecule has 0 spiro atoms. The molecule has 3 N–H and O–H groups in total. The highest BCUT2D eigenvalue weighted by atomic mass is 35.5. The summed E-state index contributed by atoms with van der Waals surface area (Å²) in [6, 6.07) is 1.44. The average molecular weight is 227 g/mol. The minimum atomic E-state index is -1.69. The van der Waals surface area contributed by atoms with E-state index in [1.54, 1.807) is 5.43 Å². The van der Waals surface area contributed by atoms with Gasteiger partial charge in [-0.25, -0.2) is 19.0 Å². The largest absolute Gasteiger partial charge is 0.290 e. The van der Waals surface area contributed by atoms with Crippen LogP contribution in [0.3, 0.4) is 0 Å². The molecule has 0 aliphatic rings. The van der Waals surface area contributed by atoms with Crippen LogP contribution in [0.15, 0.2) is 12.1 Å². The highest BCUT2D eigenvalue weighted by Gasteiger charge is 2.17. The van der Waals surface area contributed by atoms with Gasteiger partial charge in [-0.05, 0) is 12.1 Å². The van der Waals surface area contributed by atoms with E-state index in [2.05, 4.69) is 5.84 Å². The number of nitrogen functional groups attached to an aromatic ring is 1. The van der Waals surface area contributed by atoms with Crippen molar-refractivity contribution in [2.75, 3.05) is 0 Å². The standard InChI is InChI=1S/C7H5F3N2O.ClH/c8-4-2-1-3(7(13)12-11)5(9)6(4)10;/h1-2H,11H2,(H,12,13);1H. The SMILES string of the molecule is Cl.NNC(=O)c1ccc(F)c(F)c1F. The lowest BCUT2D eigenvalue weighted by Crippen LogP contribution is -2.31. The van der Waals surface area contributed by atoms with Crippen molar-refractivity contribution in [1.82, 2.24) is 5.43 Å². The predicted molar refractivity (Wildman–Crippen MR) is 45.2 cm³/mol. The minimum Gasteiger partial charge on any atom is -0.290 e. The molecule has 78 valence electrons. The van der Waals surface area contributed by atoms with E-state index in [-0.39, 0.29) is 12.4 Å². The van der Waals surface area contributed by atoms with E-state index in [1.807, 2.05) is 0 Å². The second-order valence-corrected chi connectivity index (χ2v) is 2.20. The number of carbonyl (C=O) groups is 1. The third-order valence-corrected chi connectivity index (χ3v) is 1.41. The Morgan fingerprint density at radius 2 is 1.79 bits per heavy atom. The molecule has 0 atom stereocenters. The number of rotatable bonds is 1. The van der Waals surface area contributed by atoms with Crippen molar-refractivity contribution in [2.24, 2.45) is 5.84 Å². The number of benzene rings is 1. The monoisotopic (exact) mass is 226 g/mol. The molecule has 0 bridgehead atoms. The Hall–Kier alpha value is -1.27. The van der Waals surface area contributed by atoms with E-state index in [0.717, 1.165) is 6.07 Å². The molecule has 0 heterocycles. The van der Waals surface area contributed by atoms with Crippen molar-refractivity contribution in [3.63, 3.8) is 0 Å². The molecule has 1 rings (SSSR count). The summed E-state index contributed by atoms with van der Waals surface area (Å²) in [5, 5.41) is 0. The quantitative estimate of drug-likeness (QED) is 0.326. The maximum absolute atomic E-state index is 12.8. The van der Waals surface area contributed by atoms with E-state index < -0.39 is 28.9 Å². The summed E-state index contributed by atoms with van der Waals surface area (Å²) >= 11 is 0. The fraction of sp³-hybridized carbons (Fsp3) is 0. The summed E-state index contributed by atoms with van der Waals surface area (Å²) in [6.45, 7) is 0. The van der Waals surface area contributed by atoms with Crippen LogP contribution in [-0.2, 0) is 0 Å². The molecule has 14 heavy (non-hydrogen) atoms. The summed E-state index contributed by atoms with van der Waals surface area (Å²) in [7, 11) is 0. The van der Waals surface area contributed by atoms with Gasteiger partial charge < -0.3 is 0 Å². The molecule has 0 aliphatic heterocycles. The van der Waals surface area contributed by atoms with Crippen molar-refractivity contribution in [3.8, 4) is 0 Å². The molecule has 1 amide bonds. The van der Waals surface area contributed by atoms with Crippen molar-refractivity contribution in [1.29, 1.82) is 0 Å². The van der Waals surface area contributed by atoms with E-state index in [1.165, 1.54) is 0 Å². The van der Waals surface area contributed by atoms with Gasteiger partial charge in [-0.3, -0.25) is 10.2 Å². The molecule has 0 saturated heterocycles. The molecule has 1 aromatic carbocycles. The number of nitrogens with one attached hydrogen (secondary N) is 1. The maximum atomic E-state index is 12.8. The Morgan fingerprint density at radius 1 is 1.21 bits per heavy atom. The molecule has 3 nitrogen and oxygen atoms in total. The summed E-state index contributed by atoms with van der Waals surface area (Å²) in [6.07, 6.45) is 0.